The third-order valence-electron chi connectivity index (χ3n) is 3.69. The molecule has 1 N–H and O–H groups in total. The van der Waals surface area contributed by atoms with Crippen LogP contribution in [0.15, 0.2) is 18.5 Å². The van der Waals surface area contributed by atoms with Crippen molar-refractivity contribution in [1.29, 1.82) is 0 Å². The molecule has 0 aromatic carbocycles. The van der Waals surface area contributed by atoms with Gasteiger partial charge in [-0.15, -0.1) is 0 Å². The van der Waals surface area contributed by atoms with E-state index in [9.17, 15) is 0 Å². The van der Waals surface area contributed by atoms with Crippen molar-refractivity contribution in [2.45, 2.75) is 66.8 Å². The molecule has 1 heterocycles. The van der Waals surface area contributed by atoms with Crippen LogP contribution >= 0.6 is 0 Å². The van der Waals surface area contributed by atoms with Crippen LogP contribution in [-0.2, 0) is 0 Å². The molecule has 1 aromatic rings. The third-order valence-corrected chi connectivity index (χ3v) is 3.69. The monoisotopic (exact) mass is 276 g/mol. The van der Waals surface area contributed by atoms with Crippen molar-refractivity contribution in [3.8, 4) is 0 Å². The van der Waals surface area contributed by atoms with E-state index in [1.165, 1.54) is 30.4 Å². The van der Waals surface area contributed by atoms with Crippen LogP contribution in [0.25, 0.3) is 0 Å². The summed E-state index contributed by atoms with van der Waals surface area (Å²) >= 11 is 0. The Morgan fingerprint density at radius 3 is 2.55 bits per heavy atom. The number of pyridine rings is 1. The molecule has 2 unspecified atom stereocenters. The molecular formula is C18H32N2. The molecule has 0 radical (unpaired) electrons. The predicted molar refractivity (Wildman–Crippen MR) is 87.9 cm³/mol. The maximum Gasteiger partial charge on any atom is 0.0340 e. The highest BCUT2D eigenvalue weighted by atomic mass is 14.9. The molecule has 2 atom stereocenters. The van der Waals surface area contributed by atoms with E-state index in [1.807, 2.05) is 12.4 Å². The van der Waals surface area contributed by atoms with Gasteiger partial charge in [0.25, 0.3) is 0 Å². The highest BCUT2D eigenvalue weighted by Gasteiger charge is 2.20. The molecular weight excluding hydrogens is 244 g/mol. The summed E-state index contributed by atoms with van der Waals surface area (Å²) in [7, 11) is 0. The molecule has 0 bridgehead atoms. The van der Waals surface area contributed by atoms with E-state index in [0.717, 1.165) is 6.54 Å². The Balaban J connectivity index is 2.77. The third kappa shape index (κ3) is 6.04. The van der Waals surface area contributed by atoms with Crippen LogP contribution in [0.1, 0.15) is 71.0 Å². The largest absolute Gasteiger partial charge is 0.310 e. The quantitative estimate of drug-likeness (QED) is 0.766. The van der Waals surface area contributed by atoms with Gasteiger partial charge in [0.2, 0.25) is 0 Å². The zero-order valence-corrected chi connectivity index (χ0v) is 14.2. The second-order valence-corrected chi connectivity index (χ2v) is 7.34. The van der Waals surface area contributed by atoms with Gasteiger partial charge in [-0.25, -0.2) is 0 Å². The van der Waals surface area contributed by atoms with Crippen molar-refractivity contribution >= 4 is 0 Å². The minimum Gasteiger partial charge on any atom is -0.310 e. The Morgan fingerprint density at radius 2 is 2.00 bits per heavy atom. The van der Waals surface area contributed by atoms with E-state index in [1.54, 1.807) is 0 Å². The average Bonchev–Trinajstić information content (AvgIpc) is 2.33. The molecule has 114 valence electrons. The maximum absolute atomic E-state index is 4.32. The number of aryl methyl sites for hydroxylation is 1. The number of hydrogen-bond donors (Lipinski definition) is 1. The van der Waals surface area contributed by atoms with E-state index in [-0.39, 0.29) is 0 Å². The molecule has 0 fully saturated rings. The molecule has 1 rings (SSSR count). The topological polar surface area (TPSA) is 24.9 Å². The highest BCUT2D eigenvalue weighted by molar-refractivity contribution is 5.25. The molecule has 0 aliphatic heterocycles. The van der Waals surface area contributed by atoms with Crippen molar-refractivity contribution in [2.24, 2.45) is 11.3 Å². The van der Waals surface area contributed by atoms with Crippen LogP contribution in [0.4, 0.5) is 0 Å². The molecule has 20 heavy (non-hydrogen) atoms. The zero-order chi connectivity index (χ0) is 15.2. The fourth-order valence-corrected chi connectivity index (χ4v) is 3.01. The van der Waals surface area contributed by atoms with Crippen LogP contribution in [0.5, 0.6) is 0 Å². The molecule has 0 aliphatic rings. The van der Waals surface area contributed by atoms with Gasteiger partial charge in [-0.2, -0.15) is 0 Å². The first kappa shape index (κ1) is 17.2. The Labute approximate surface area is 125 Å². The van der Waals surface area contributed by atoms with Gasteiger partial charge in [0.05, 0.1) is 0 Å². The lowest BCUT2D eigenvalue weighted by Crippen LogP contribution is -2.26. The van der Waals surface area contributed by atoms with Crippen molar-refractivity contribution in [3.63, 3.8) is 0 Å². The fraction of sp³-hybridized carbons (Fsp3) is 0.722. The van der Waals surface area contributed by atoms with Crippen molar-refractivity contribution in [1.82, 2.24) is 10.3 Å². The predicted octanol–water partition coefficient (Wildman–Crippen LogP) is 4.89. The fourth-order valence-electron chi connectivity index (χ4n) is 3.01. The molecule has 0 amide bonds. The van der Waals surface area contributed by atoms with Crippen LogP contribution in [0.2, 0.25) is 0 Å². The van der Waals surface area contributed by atoms with Crippen molar-refractivity contribution in [3.05, 3.63) is 29.6 Å². The highest BCUT2D eigenvalue weighted by Crippen LogP contribution is 2.31. The first-order chi connectivity index (χ1) is 9.33. The Morgan fingerprint density at radius 1 is 1.30 bits per heavy atom. The molecule has 2 nitrogen and oxygen atoms in total. The van der Waals surface area contributed by atoms with Gasteiger partial charge < -0.3 is 5.32 Å². The van der Waals surface area contributed by atoms with Crippen LogP contribution in [0, 0.1) is 18.3 Å². The van der Waals surface area contributed by atoms with Gasteiger partial charge in [0, 0.05) is 18.4 Å². The summed E-state index contributed by atoms with van der Waals surface area (Å²) in [6.07, 6.45) is 7.53. The first-order valence-corrected chi connectivity index (χ1v) is 7.97. The van der Waals surface area contributed by atoms with Crippen LogP contribution in [-0.4, -0.2) is 11.5 Å². The molecule has 2 heteroatoms. The Kier molecular flexibility index (Phi) is 6.67. The van der Waals surface area contributed by atoms with E-state index in [2.05, 4.69) is 57.9 Å². The van der Waals surface area contributed by atoms with Crippen LogP contribution in [0.3, 0.4) is 0 Å². The zero-order valence-electron chi connectivity index (χ0n) is 14.2. The summed E-state index contributed by atoms with van der Waals surface area (Å²) in [6.45, 7) is 14.8. The van der Waals surface area contributed by atoms with E-state index >= 15 is 0 Å². The number of nitrogens with zero attached hydrogens (tertiary/aromatic N) is 1. The van der Waals surface area contributed by atoms with Gasteiger partial charge in [-0.05, 0) is 61.3 Å². The van der Waals surface area contributed by atoms with Gasteiger partial charge in [-0.1, -0.05) is 34.6 Å². The Bertz CT molecular complexity index is 393. The Hall–Kier alpha value is -0.890. The second kappa shape index (κ2) is 7.78. The molecule has 1 aromatic heterocycles. The summed E-state index contributed by atoms with van der Waals surface area (Å²) in [5, 5.41) is 3.70. The molecule has 0 saturated carbocycles. The van der Waals surface area contributed by atoms with Crippen LogP contribution < -0.4 is 5.32 Å². The van der Waals surface area contributed by atoms with Gasteiger partial charge in [0.15, 0.2) is 0 Å². The average molecular weight is 276 g/mol. The standard InChI is InChI=1S/C18H32N2/c1-7-9-20-17(11-14(2)12-18(4,5)6)16-13-19-10-8-15(16)3/h8,10,13-14,17,20H,7,9,11-12H2,1-6H3. The smallest absolute Gasteiger partial charge is 0.0340 e. The van der Waals surface area contributed by atoms with Gasteiger partial charge in [-0.3, -0.25) is 4.98 Å². The summed E-state index contributed by atoms with van der Waals surface area (Å²) in [5.74, 6) is 0.712. The minimum absolute atomic E-state index is 0.401. The molecule has 0 spiro atoms. The van der Waals surface area contributed by atoms with Crippen molar-refractivity contribution in [2.75, 3.05) is 6.54 Å². The number of rotatable bonds is 7. The lowest BCUT2D eigenvalue weighted by atomic mass is 9.82. The lowest BCUT2D eigenvalue weighted by Gasteiger charge is -2.28. The summed E-state index contributed by atoms with van der Waals surface area (Å²) in [6, 6.07) is 2.55. The normalized spacial score (nSPS) is 15.1. The summed E-state index contributed by atoms with van der Waals surface area (Å²) in [4.78, 5) is 4.32. The summed E-state index contributed by atoms with van der Waals surface area (Å²) < 4.78 is 0. The molecule has 0 aliphatic carbocycles. The van der Waals surface area contributed by atoms with Gasteiger partial charge >= 0.3 is 0 Å². The number of hydrogen-bond acceptors (Lipinski definition) is 2. The van der Waals surface area contributed by atoms with E-state index < -0.39 is 0 Å². The van der Waals surface area contributed by atoms with E-state index in [0.29, 0.717) is 17.4 Å². The van der Waals surface area contributed by atoms with Crippen molar-refractivity contribution < 1.29 is 0 Å². The SMILES string of the molecule is CCCNC(CC(C)CC(C)(C)C)c1cnccc1C. The first-order valence-electron chi connectivity index (χ1n) is 7.97. The van der Waals surface area contributed by atoms with E-state index in [4.69, 9.17) is 0 Å². The van der Waals surface area contributed by atoms with Gasteiger partial charge in [0.1, 0.15) is 0 Å². The number of nitrogens with one attached hydrogen (secondary N) is 1. The number of aromatic nitrogens is 1. The molecule has 0 saturated heterocycles. The lowest BCUT2D eigenvalue weighted by molar-refractivity contribution is 0.275. The maximum atomic E-state index is 4.32. The minimum atomic E-state index is 0.401. The second-order valence-electron chi connectivity index (χ2n) is 7.34. The summed E-state index contributed by atoms with van der Waals surface area (Å²) in [5.41, 5.74) is 3.11.